The highest BCUT2D eigenvalue weighted by Gasteiger charge is 2.19. The molecule has 1 amide bonds. The summed E-state index contributed by atoms with van der Waals surface area (Å²) in [4.78, 5) is 22.3. The van der Waals surface area contributed by atoms with E-state index in [2.05, 4.69) is 5.32 Å². The maximum Gasteiger partial charge on any atom is 0.311 e. The first-order chi connectivity index (χ1) is 10.1. The average molecular weight is 294 g/mol. The van der Waals surface area contributed by atoms with Gasteiger partial charge in [0.15, 0.2) is 5.75 Å². The van der Waals surface area contributed by atoms with Crippen molar-refractivity contribution in [2.75, 3.05) is 20.3 Å². The Kier molecular flexibility index (Phi) is 5.10. The van der Waals surface area contributed by atoms with Gasteiger partial charge < -0.3 is 14.8 Å². The predicted octanol–water partition coefficient (Wildman–Crippen LogP) is 1.90. The van der Waals surface area contributed by atoms with E-state index >= 15 is 0 Å². The lowest BCUT2D eigenvalue weighted by atomic mass is 10.1. The first-order valence-corrected chi connectivity index (χ1v) is 6.84. The van der Waals surface area contributed by atoms with Crippen molar-refractivity contribution < 1.29 is 19.2 Å². The van der Waals surface area contributed by atoms with Gasteiger partial charge in [0.25, 0.3) is 5.91 Å². The standard InChI is InChI=1S/C14H18N2O5/c1-20-13-5-4-10(9-12(13)16(18)19)14(17)15-7-6-11-3-2-8-21-11/h4-5,9,11H,2-3,6-8H2,1H3,(H,15,17)/t11-/m0/s1. The van der Waals surface area contributed by atoms with Gasteiger partial charge in [0, 0.05) is 24.8 Å². The molecule has 0 aromatic heterocycles. The van der Waals surface area contributed by atoms with E-state index in [1.807, 2.05) is 0 Å². The van der Waals surface area contributed by atoms with Crippen molar-refractivity contribution in [3.63, 3.8) is 0 Å². The molecule has 0 spiro atoms. The maximum atomic E-state index is 12.0. The van der Waals surface area contributed by atoms with Gasteiger partial charge in [-0.15, -0.1) is 0 Å². The fraction of sp³-hybridized carbons (Fsp3) is 0.500. The van der Waals surface area contributed by atoms with Crippen LogP contribution >= 0.6 is 0 Å². The van der Waals surface area contributed by atoms with Crippen LogP contribution in [0.15, 0.2) is 18.2 Å². The van der Waals surface area contributed by atoms with Crippen LogP contribution in [0.25, 0.3) is 0 Å². The third-order valence-corrected chi connectivity index (χ3v) is 3.41. The molecule has 1 fully saturated rings. The summed E-state index contributed by atoms with van der Waals surface area (Å²) in [6.07, 6.45) is 3.03. The van der Waals surface area contributed by atoms with Crippen molar-refractivity contribution in [3.8, 4) is 5.75 Å². The Labute approximate surface area is 122 Å². The zero-order valence-corrected chi connectivity index (χ0v) is 11.8. The SMILES string of the molecule is COc1ccc(C(=O)NCC[C@@H]2CCCO2)cc1[N+](=O)[O-]. The normalized spacial score (nSPS) is 17.5. The quantitative estimate of drug-likeness (QED) is 0.639. The predicted molar refractivity (Wildman–Crippen MR) is 75.6 cm³/mol. The molecule has 1 heterocycles. The second kappa shape index (κ2) is 7.03. The van der Waals surface area contributed by atoms with Crippen molar-refractivity contribution >= 4 is 11.6 Å². The average Bonchev–Trinajstić information content (AvgIpc) is 2.99. The molecule has 114 valence electrons. The number of nitro groups is 1. The van der Waals surface area contributed by atoms with E-state index in [0.717, 1.165) is 25.9 Å². The van der Waals surface area contributed by atoms with Crippen LogP contribution in [-0.4, -0.2) is 37.2 Å². The summed E-state index contributed by atoms with van der Waals surface area (Å²) in [6.45, 7) is 1.27. The number of benzene rings is 1. The minimum Gasteiger partial charge on any atom is -0.490 e. The third kappa shape index (κ3) is 3.91. The van der Waals surface area contributed by atoms with E-state index in [-0.39, 0.29) is 29.0 Å². The summed E-state index contributed by atoms with van der Waals surface area (Å²) in [5, 5.41) is 13.7. The lowest BCUT2D eigenvalue weighted by molar-refractivity contribution is -0.385. The van der Waals surface area contributed by atoms with Crippen molar-refractivity contribution in [2.45, 2.75) is 25.4 Å². The summed E-state index contributed by atoms with van der Waals surface area (Å²) in [7, 11) is 1.35. The lowest BCUT2D eigenvalue weighted by Crippen LogP contribution is -2.27. The van der Waals surface area contributed by atoms with Crippen LogP contribution in [0.1, 0.15) is 29.6 Å². The van der Waals surface area contributed by atoms with Gasteiger partial charge >= 0.3 is 5.69 Å². The zero-order chi connectivity index (χ0) is 15.2. The molecule has 1 aromatic carbocycles. The first kappa shape index (κ1) is 15.2. The number of ether oxygens (including phenoxy) is 2. The highest BCUT2D eigenvalue weighted by atomic mass is 16.6. The van der Waals surface area contributed by atoms with E-state index in [1.54, 1.807) is 0 Å². The fourth-order valence-electron chi connectivity index (χ4n) is 2.29. The molecule has 0 radical (unpaired) electrons. The van der Waals surface area contributed by atoms with Gasteiger partial charge in [-0.05, 0) is 31.4 Å². The Morgan fingerprint density at radius 1 is 1.57 bits per heavy atom. The number of methoxy groups -OCH3 is 1. The van der Waals surface area contributed by atoms with E-state index in [9.17, 15) is 14.9 Å². The number of amides is 1. The molecule has 21 heavy (non-hydrogen) atoms. The molecular weight excluding hydrogens is 276 g/mol. The van der Waals surface area contributed by atoms with Crippen LogP contribution in [0.5, 0.6) is 5.75 Å². The molecule has 1 atom stereocenters. The Morgan fingerprint density at radius 2 is 2.38 bits per heavy atom. The number of nitrogens with one attached hydrogen (secondary N) is 1. The van der Waals surface area contributed by atoms with Crippen LogP contribution in [0.3, 0.4) is 0 Å². The smallest absolute Gasteiger partial charge is 0.311 e. The number of carbonyl (C=O) groups is 1. The van der Waals surface area contributed by atoms with Crippen LogP contribution in [0.2, 0.25) is 0 Å². The lowest BCUT2D eigenvalue weighted by Gasteiger charge is -2.10. The number of nitrogens with zero attached hydrogens (tertiary/aromatic N) is 1. The molecule has 0 aliphatic carbocycles. The van der Waals surface area contributed by atoms with Crippen molar-refractivity contribution in [2.24, 2.45) is 0 Å². The van der Waals surface area contributed by atoms with Gasteiger partial charge in [0.05, 0.1) is 18.1 Å². The van der Waals surface area contributed by atoms with E-state index in [0.29, 0.717) is 6.54 Å². The van der Waals surface area contributed by atoms with E-state index in [4.69, 9.17) is 9.47 Å². The Morgan fingerprint density at radius 3 is 3.00 bits per heavy atom. The minimum atomic E-state index is -0.567. The minimum absolute atomic E-state index is 0.135. The molecule has 2 rings (SSSR count). The molecule has 0 bridgehead atoms. The molecule has 1 N–H and O–H groups in total. The molecule has 1 saturated heterocycles. The largest absolute Gasteiger partial charge is 0.490 e. The van der Waals surface area contributed by atoms with Crippen LogP contribution in [0.4, 0.5) is 5.69 Å². The highest BCUT2D eigenvalue weighted by molar-refractivity contribution is 5.95. The van der Waals surface area contributed by atoms with Gasteiger partial charge in [0.2, 0.25) is 0 Å². The van der Waals surface area contributed by atoms with Gasteiger partial charge in [-0.25, -0.2) is 0 Å². The number of hydrogen-bond donors (Lipinski definition) is 1. The molecule has 1 aliphatic heterocycles. The fourth-order valence-corrected chi connectivity index (χ4v) is 2.29. The van der Waals surface area contributed by atoms with E-state index in [1.165, 1.54) is 25.3 Å². The molecule has 1 aliphatic rings. The molecule has 0 saturated carbocycles. The zero-order valence-electron chi connectivity index (χ0n) is 11.8. The van der Waals surface area contributed by atoms with Crippen LogP contribution in [0, 0.1) is 10.1 Å². The summed E-state index contributed by atoms with van der Waals surface area (Å²) in [5.41, 5.74) is 0.0270. The summed E-state index contributed by atoms with van der Waals surface area (Å²) < 4.78 is 10.4. The summed E-state index contributed by atoms with van der Waals surface area (Å²) in [6, 6.07) is 4.15. The number of rotatable bonds is 6. The molecular formula is C14H18N2O5. The number of carbonyl (C=O) groups excluding carboxylic acids is 1. The van der Waals surface area contributed by atoms with Crippen LogP contribution in [-0.2, 0) is 4.74 Å². The number of hydrogen-bond acceptors (Lipinski definition) is 5. The summed E-state index contributed by atoms with van der Waals surface area (Å²) >= 11 is 0. The monoisotopic (exact) mass is 294 g/mol. The van der Waals surface area contributed by atoms with Crippen LogP contribution < -0.4 is 10.1 Å². The van der Waals surface area contributed by atoms with Gasteiger partial charge in [0.1, 0.15) is 0 Å². The molecule has 1 aromatic rings. The highest BCUT2D eigenvalue weighted by Crippen LogP contribution is 2.27. The second-order valence-corrected chi connectivity index (χ2v) is 4.82. The van der Waals surface area contributed by atoms with Gasteiger partial charge in [-0.3, -0.25) is 14.9 Å². The van der Waals surface area contributed by atoms with E-state index < -0.39 is 4.92 Å². The van der Waals surface area contributed by atoms with Gasteiger partial charge in [-0.2, -0.15) is 0 Å². The van der Waals surface area contributed by atoms with Crippen molar-refractivity contribution in [3.05, 3.63) is 33.9 Å². The second-order valence-electron chi connectivity index (χ2n) is 4.82. The Balaban J connectivity index is 1.95. The summed E-state index contributed by atoms with van der Waals surface area (Å²) in [5.74, 6) is -0.199. The Hall–Kier alpha value is -2.15. The van der Waals surface area contributed by atoms with Crippen molar-refractivity contribution in [1.29, 1.82) is 0 Å². The Bertz CT molecular complexity index is 526. The topological polar surface area (TPSA) is 90.7 Å². The molecule has 0 unspecified atom stereocenters. The molecule has 7 heteroatoms. The number of nitro benzene ring substituents is 1. The molecule has 7 nitrogen and oxygen atoms in total. The maximum absolute atomic E-state index is 12.0. The third-order valence-electron chi connectivity index (χ3n) is 3.41. The van der Waals surface area contributed by atoms with Gasteiger partial charge in [-0.1, -0.05) is 0 Å². The van der Waals surface area contributed by atoms with Crippen molar-refractivity contribution in [1.82, 2.24) is 5.32 Å². The first-order valence-electron chi connectivity index (χ1n) is 6.84.